The standard InChI is InChI=1S/C15H24N2O2/c1-11(2)15(6-7-15)10-16-9-13(18)17-8-4-3-5-12(17)14(16)19/h11-12H,3-10H2,1-2H3. The molecule has 106 valence electrons. The van der Waals surface area contributed by atoms with Gasteiger partial charge >= 0.3 is 0 Å². The smallest absolute Gasteiger partial charge is 0.245 e. The predicted molar refractivity (Wildman–Crippen MR) is 72.4 cm³/mol. The number of nitrogens with zero attached hydrogens (tertiary/aromatic N) is 2. The second-order valence-corrected chi connectivity index (χ2v) is 6.81. The molecule has 4 nitrogen and oxygen atoms in total. The number of amides is 2. The Morgan fingerprint density at radius 3 is 2.63 bits per heavy atom. The molecule has 1 saturated carbocycles. The molecule has 2 saturated heterocycles. The first-order valence-electron chi connectivity index (χ1n) is 7.62. The monoisotopic (exact) mass is 264 g/mol. The summed E-state index contributed by atoms with van der Waals surface area (Å²) in [6.07, 6.45) is 5.39. The van der Waals surface area contributed by atoms with Gasteiger partial charge in [0.25, 0.3) is 0 Å². The van der Waals surface area contributed by atoms with E-state index in [0.29, 0.717) is 17.9 Å². The average Bonchev–Trinajstić information content (AvgIpc) is 3.17. The fourth-order valence-electron chi connectivity index (χ4n) is 3.62. The lowest BCUT2D eigenvalue weighted by molar-refractivity contribution is -0.158. The van der Waals surface area contributed by atoms with E-state index < -0.39 is 0 Å². The molecule has 1 unspecified atom stereocenters. The zero-order valence-electron chi connectivity index (χ0n) is 12.0. The Morgan fingerprint density at radius 2 is 2.00 bits per heavy atom. The third-order valence-corrected chi connectivity index (χ3v) is 5.37. The first-order valence-corrected chi connectivity index (χ1v) is 7.62. The number of fused-ring (bicyclic) bond motifs is 1. The van der Waals surface area contributed by atoms with Gasteiger partial charge in [-0.1, -0.05) is 13.8 Å². The molecule has 2 amide bonds. The molecule has 3 aliphatic rings. The molecule has 0 spiro atoms. The topological polar surface area (TPSA) is 40.6 Å². The fraction of sp³-hybridized carbons (Fsp3) is 0.867. The first kappa shape index (κ1) is 12.9. The Bertz CT molecular complexity index is 401. The Hall–Kier alpha value is -1.06. The van der Waals surface area contributed by atoms with Crippen LogP contribution in [0.3, 0.4) is 0 Å². The molecule has 4 heteroatoms. The van der Waals surface area contributed by atoms with Crippen LogP contribution in [-0.4, -0.2) is 47.3 Å². The largest absolute Gasteiger partial charge is 0.331 e. The van der Waals surface area contributed by atoms with Crippen LogP contribution in [0.15, 0.2) is 0 Å². The van der Waals surface area contributed by atoms with Crippen molar-refractivity contribution in [3.63, 3.8) is 0 Å². The van der Waals surface area contributed by atoms with Crippen molar-refractivity contribution in [3.8, 4) is 0 Å². The van der Waals surface area contributed by atoms with Gasteiger partial charge in [0.05, 0.1) is 6.54 Å². The Balaban J connectivity index is 1.73. The van der Waals surface area contributed by atoms with Gasteiger partial charge in [-0.25, -0.2) is 0 Å². The van der Waals surface area contributed by atoms with Crippen LogP contribution in [0.1, 0.15) is 46.0 Å². The zero-order chi connectivity index (χ0) is 13.6. The van der Waals surface area contributed by atoms with Gasteiger partial charge in [0.15, 0.2) is 0 Å². The van der Waals surface area contributed by atoms with E-state index >= 15 is 0 Å². The quantitative estimate of drug-likeness (QED) is 0.777. The van der Waals surface area contributed by atoms with Gasteiger partial charge in [-0.3, -0.25) is 9.59 Å². The lowest BCUT2D eigenvalue weighted by atomic mass is 9.90. The summed E-state index contributed by atoms with van der Waals surface area (Å²) in [4.78, 5) is 28.4. The van der Waals surface area contributed by atoms with E-state index in [2.05, 4.69) is 13.8 Å². The van der Waals surface area contributed by atoms with Gasteiger partial charge in [0, 0.05) is 13.1 Å². The summed E-state index contributed by atoms with van der Waals surface area (Å²) in [5.74, 6) is 0.954. The minimum atomic E-state index is -0.155. The molecule has 0 bridgehead atoms. The number of hydrogen-bond donors (Lipinski definition) is 0. The molecule has 3 rings (SSSR count). The van der Waals surface area contributed by atoms with Gasteiger partial charge in [-0.2, -0.15) is 0 Å². The molecule has 19 heavy (non-hydrogen) atoms. The van der Waals surface area contributed by atoms with E-state index in [1.54, 1.807) is 0 Å². The van der Waals surface area contributed by atoms with Crippen molar-refractivity contribution in [2.75, 3.05) is 19.6 Å². The van der Waals surface area contributed by atoms with Crippen LogP contribution in [0.5, 0.6) is 0 Å². The summed E-state index contributed by atoms with van der Waals surface area (Å²) in [5.41, 5.74) is 0.298. The lowest BCUT2D eigenvalue weighted by Gasteiger charge is -2.44. The fourth-order valence-corrected chi connectivity index (χ4v) is 3.62. The maximum absolute atomic E-state index is 12.6. The van der Waals surface area contributed by atoms with Crippen LogP contribution < -0.4 is 0 Å². The van der Waals surface area contributed by atoms with Crippen LogP contribution in [-0.2, 0) is 9.59 Å². The number of carbonyl (C=O) groups is 2. The SMILES string of the molecule is CC(C)C1(CN2CC(=O)N3CCCCC3C2=O)CC1. The van der Waals surface area contributed by atoms with E-state index in [9.17, 15) is 9.59 Å². The molecule has 2 heterocycles. The number of carbonyl (C=O) groups excluding carboxylic acids is 2. The van der Waals surface area contributed by atoms with Crippen molar-refractivity contribution < 1.29 is 9.59 Å². The van der Waals surface area contributed by atoms with E-state index in [1.807, 2.05) is 9.80 Å². The third kappa shape index (κ3) is 2.15. The molecular weight excluding hydrogens is 240 g/mol. The highest BCUT2D eigenvalue weighted by Crippen LogP contribution is 2.52. The molecule has 1 atom stereocenters. The van der Waals surface area contributed by atoms with E-state index in [-0.39, 0.29) is 17.9 Å². The molecule has 0 aromatic heterocycles. The summed E-state index contributed by atoms with van der Waals surface area (Å²) >= 11 is 0. The molecule has 0 aromatic rings. The van der Waals surface area contributed by atoms with Crippen LogP contribution in [0.4, 0.5) is 0 Å². The number of hydrogen-bond acceptors (Lipinski definition) is 2. The summed E-state index contributed by atoms with van der Waals surface area (Å²) in [5, 5.41) is 0. The minimum absolute atomic E-state index is 0.155. The van der Waals surface area contributed by atoms with Crippen molar-refractivity contribution in [1.29, 1.82) is 0 Å². The lowest BCUT2D eigenvalue weighted by Crippen LogP contribution is -2.62. The summed E-state index contributed by atoms with van der Waals surface area (Å²) in [6.45, 7) is 6.34. The van der Waals surface area contributed by atoms with E-state index in [0.717, 1.165) is 32.4 Å². The Morgan fingerprint density at radius 1 is 1.26 bits per heavy atom. The zero-order valence-corrected chi connectivity index (χ0v) is 12.0. The highest BCUT2D eigenvalue weighted by Gasteiger charge is 2.50. The Kier molecular flexibility index (Phi) is 3.06. The van der Waals surface area contributed by atoms with Crippen molar-refractivity contribution >= 4 is 11.8 Å². The molecule has 0 aromatic carbocycles. The molecule has 1 aliphatic carbocycles. The Labute approximate surface area is 115 Å². The van der Waals surface area contributed by atoms with E-state index in [1.165, 1.54) is 12.8 Å². The normalized spacial score (nSPS) is 29.7. The van der Waals surface area contributed by atoms with Gasteiger partial charge in [0.2, 0.25) is 11.8 Å². The highest BCUT2D eigenvalue weighted by atomic mass is 16.2. The number of rotatable bonds is 3. The number of piperidine rings is 1. The van der Waals surface area contributed by atoms with Gasteiger partial charge < -0.3 is 9.80 Å². The molecular formula is C15H24N2O2. The third-order valence-electron chi connectivity index (χ3n) is 5.37. The van der Waals surface area contributed by atoms with Crippen LogP contribution in [0.2, 0.25) is 0 Å². The minimum Gasteiger partial charge on any atom is -0.331 e. The van der Waals surface area contributed by atoms with E-state index in [4.69, 9.17) is 0 Å². The second-order valence-electron chi connectivity index (χ2n) is 6.81. The average molecular weight is 264 g/mol. The maximum atomic E-state index is 12.6. The molecule has 0 radical (unpaired) electrons. The van der Waals surface area contributed by atoms with Gasteiger partial charge in [-0.05, 0) is 43.4 Å². The van der Waals surface area contributed by atoms with Crippen LogP contribution >= 0.6 is 0 Å². The van der Waals surface area contributed by atoms with Crippen molar-refractivity contribution in [2.45, 2.75) is 52.0 Å². The molecule has 2 aliphatic heterocycles. The second kappa shape index (κ2) is 4.50. The first-order chi connectivity index (χ1) is 9.03. The predicted octanol–water partition coefficient (Wildman–Crippen LogP) is 1.65. The van der Waals surface area contributed by atoms with Crippen molar-refractivity contribution in [3.05, 3.63) is 0 Å². The molecule has 3 fully saturated rings. The maximum Gasteiger partial charge on any atom is 0.245 e. The van der Waals surface area contributed by atoms with Gasteiger partial charge in [0.1, 0.15) is 6.04 Å². The molecule has 0 N–H and O–H groups in total. The summed E-state index contributed by atoms with van der Waals surface area (Å²) in [7, 11) is 0. The van der Waals surface area contributed by atoms with Crippen LogP contribution in [0, 0.1) is 11.3 Å². The van der Waals surface area contributed by atoms with Gasteiger partial charge in [-0.15, -0.1) is 0 Å². The van der Waals surface area contributed by atoms with Crippen molar-refractivity contribution in [2.24, 2.45) is 11.3 Å². The van der Waals surface area contributed by atoms with Crippen molar-refractivity contribution in [1.82, 2.24) is 9.80 Å². The summed E-state index contributed by atoms with van der Waals surface area (Å²) in [6, 6.07) is -0.155. The number of piperazine rings is 1. The van der Waals surface area contributed by atoms with Crippen LogP contribution in [0.25, 0.3) is 0 Å². The highest BCUT2D eigenvalue weighted by molar-refractivity contribution is 5.95. The summed E-state index contributed by atoms with van der Waals surface area (Å²) < 4.78 is 0.